The summed E-state index contributed by atoms with van der Waals surface area (Å²) in [5, 5.41) is 1.82. The van der Waals surface area contributed by atoms with Crippen molar-refractivity contribution in [1.82, 2.24) is 0 Å². The number of unbranched alkanes of at least 4 members (excludes halogenated alkanes) is 3. The van der Waals surface area contributed by atoms with Gasteiger partial charge in [0, 0.05) is 15.2 Å². The maximum absolute atomic E-state index is 6.79. The van der Waals surface area contributed by atoms with E-state index in [2.05, 4.69) is 36.1 Å². The minimum Gasteiger partial charge on any atom is -0.147 e. The van der Waals surface area contributed by atoms with Gasteiger partial charge < -0.3 is 0 Å². The number of halogens is 3. The zero-order valence-electron chi connectivity index (χ0n) is 14.8. The van der Waals surface area contributed by atoms with Crippen LogP contribution in [0.1, 0.15) is 83.3 Å². The first-order chi connectivity index (χ1) is 10.5. The second-order valence-corrected chi connectivity index (χ2v) is 8.24. The second-order valence-electron chi connectivity index (χ2n) is 6.35. The van der Waals surface area contributed by atoms with Crippen molar-refractivity contribution < 1.29 is 0 Å². The van der Waals surface area contributed by atoms with Crippen molar-refractivity contribution in [2.24, 2.45) is 0 Å². The molecule has 0 N–H and O–H groups in total. The van der Waals surface area contributed by atoms with Crippen molar-refractivity contribution in [1.29, 1.82) is 0 Å². The highest BCUT2D eigenvalue weighted by Crippen LogP contribution is 2.46. The fourth-order valence-electron chi connectivity index (χ4n) is 2.94. The maximum Gasteiger partial charge on any atom is 0.0493 e. The van der Waals surface area contributed by atoms with Gasteiger partial charge in [-0.05, 0) is 42.9 Å². The third-order valence-corrected chi connectivity index (χ3v) is 6.13. The Hall–Kier alpha value is 0.520. The maximum atomic E-state index is 6.79. The zero-order chi connectivity index (χ0) is 16.6. The molecular weight excluding hydrogens is 366 g/mol. The minimum absolute atomic E-state index is 0. The molecule has 1 aromatic carbocycles. The van der Waals surface area contributed by atoms with Crippen LogP contribution in [0.15, 0.2) is 12.1 Å². The fraction of sp³-hybridized carbons (Fsp3) is 0.684. The highest BCUT2D eigenvalue weighted by atomic mass is 35.5. The Labute approximate surface area is 161 Å². The molecule has 1 aromatic rings. The van der Waals surface area contributed by atoms with Crippen LogP contribution in [0.3, 0.4) is 0 Å². The summed E-state index contributed by atoms with van der Waals surface area (Å²) in [6.45, 7) is 6.70. The zero-order valence-corrected chi connectivity index (χ0v) is 18.2. The van der Waals surface area contributed by atoms with Crippen LogP contribution in [-0.2, 0) is 11.6 Å². The molecule has 0 aliphatic rings. The van der Waals surface area contributed by atoms with Crippen molar-refractivity contribution in [2.75, 3.05) is 0 Å². The van der Waals surface area contributed by atoms with Crippen LogP contribution in [0.2, 0.25) is 10.0 Å². The van der Waals surface area contributed by atoms with Crippen molar-refractivity contribution in [3.63, 3.8) is 0 Å². The summed E-state index contributed by atoms with van der Waals surface area (Å²) in [6.07, 6.45) is 10.5. The van der Waals surface area contributed by atoms with Crippen molar-refractivity contribution >= 4 is 44.8 Å². The van der Waals surface area contributed by atoms with E-state index in [1.54, 1.807) is 0 Å². The van der Waals surface area contributed by atoms with E-state index in [0.717, 1.165) is 34.9 Å². The van der Waals surface area contributed by atoms with E-state index < -0.39 is 0 Å². The number of rotatable bonds is 10. The quantitative estimate of drug-likeness (QED) is 0.349. The van der Waals surface area contributed by atoms with Gasteiger partial charge in [-0.1, -0.05) is 82.1 Å². The third-order valence-electron chi connectivity index (χ3n) is 4.46. The van der Waals surface area contributed by atoms with E-state index in [0.29, 0.717) is 0 Å². The number of benzene rings is 1. The molecule has 0 fully saturated rings. The van der Waals surface area contributed by atoms with Crippen LogP contribution >= 0.6 is 44.8 Å². The smallest absolute Gasteiger partial charge is 0.0493 e. The van der Waals surface area contributed by atoms with Gasteiger partial charge in [-0.15, -0.1) is 21.6 Å². The summed E-state index contributed by atoms with van der Waals surface area (Å²) in [5.74, 6) is 0. The molecule has 0 aliphatic carbocycles. The van der Waals surface area contributed by atoms with Gasteiger partial charge in [-0.25, -0.2) is 0 Å². The van der Waals surface area contributed by atoms with Gasteiger partial charge in [0.2, 0.25) is 0 Å². The molecule has 1 rings (SSSR count). The van der Waals surface area contributed by atoms with E-state index in [-0.39, 0.29) is 17.6 Å². The first kappa shape index (κ1) is 23.5. The average molecular weight is 398 g/mol. The molecule has 1 unspecified atom stereocenters. The van der Waals surface area contributed by atoms with Crippen LogP contribution in [0.5, 0.6) is 0 Å². The van der Waals surface area contributed by atoms with Gasteiger partial charge in [0.15, 0.2) is 0 Å². The molecule has 0 amide bonds. The molecule has 4 heteroatoms. The van der Waals surface area contributed by atoms with Gasteiger partial charge in [-0.3, -0.25) is 0 Å². The highest BCUT2D eigenvalue weighted by Gasteiger charge is 2.29. The van der Waals surface area contributed by atoms with Crippen LogP contribution in [0, 0.1) is 0 Å². The first-order valence-electron chi connectivity index (χ1n) is 8.76. The lowest BCUT2D eigenvalue weighted by Gasteiger charge is -2.32. The van der Waals surface area contributed by atoms with Crippen LogP contribution in [0.4, 0.5) is 0 Å². The standard InChI is InChI=1S/C19H31Cl2P.ClH/c1-4-7-10-15-17(20)12-11-16(18(15)21)19(22,13-8-5-2)14-9-6-3;/h11-12H,4-10,13-14,22H2,1-3H3;1H. The molecule has 0 aromatic heterocycles. The highest BCUT2D eigenvalue weighted by molar-refractivity contribution is 7.18. The lowest BCUT2D eigenvalue weighted by Crippen LogP contribution is -2.19. The number of hydrogen-bond donors (Lipinski definition) is 0. The molecule has 1 atom stereocenters. The van der Waals surface area contributed by atoms with E-state index in [1.165, 1.54) is 44.1 Å². The lowest BCUT2D eigenvalue weighted by atomic mass is 9.86. The molecule has 0 spiro atoms. The summed E-state index contributed by atoms with van der Waals surface area (Å²) in [5.41, 5.74) is 2.42. The molecule has 0 radical (unpaired) electrons. The minimum atomic E-state index is 0. The first-order valence-corrected chi connectivity index (χ1v) is 10.1. The van der Waals surface area contributed by atoms with E-state index in [4.69, 9.17) is 23.2 Å². The largest absolute Gasteiger partial charge is 0.147 e. The molecule has 0 nitrogen and oxygen atoms in total. The summed E-state index contributed by atoms with van der Waals surface area (Å²) in [6, 6.07) is 4.20. The second kappa shape index (κ2) is 12.0. The molecule has 0 saturated heterocycles. The topological polar surface area (TPSA) is 0 Å². The van der Waals surface area contributed by atoms with Gasteiger partial charge in [0.05, 0.1) is 0 Å². The van der Waals surface area contributed by atoms with E-state index in [1.807, 2.05) is 6.07 Å². The Balaban J connectivity index is 0.00000484. The Bertz CT molecular complexity index is 452. The normalized spacial score (nSPS) is 11.4. The van der Waals surface area contributed by atoms with Gasteiger partial charge in [0.1, 0.15) is 0 Å². The van der Waals surface area contributed by atoms with Crippen molar-refractivity contribution in [3.05, 3.63) is 33.3 Å². The average Bonchev–Trinajstić information content (AvgIpc) is 2.51. The van der Waals surface area contributed by atoms with E-state index >= 15 is 0 Å². The Morgan fingerprint density at radius 2 is 1.43 bits per heavy atom. The fourth-order valence-corrected chi connectivity index (χ4v) is 4.43. The van der Waals surface area contributed by atoms with Gasteiger partial charge in [-0.2, -0.15) is 0 Å². The predicted molar refractivity (Wildman–Crippen MR) is 113 cm³/mol. The van der Waals surface area contributed by atoms with Crippen molar-refractivity contribution in [3.8, 4) is 0 Å². The van der Waals surface area contributed by atoms with Crippen LogP contribution in [-0.4, -0.2) is 0 Å². The van der Waals surface area contributed by atoms with Crippen LogP contribution in [0.25, 0.3) is 0 Å². The molecule has 0 bridgehead atoms. The lowest BCUT2D eigenvalue weighted by molar-refractivity contribution is 0.480. The molecule has 0 aliphatic heterocycles. The number of hydrogen-bond acceptors (Lipinski definition) is 0. The summed E-state index contributed by atoms with van der Waals surface area (Å²) in [4.78, 5) is 0. The third kappa shape index (κ3) is 6.74. The Kier molecular flexibility index (Phi) is 12.2. The summed E-state index contributed by atoms with van der Waals surface area (Å²) in [7, 11) is 3.12. The predicted octanol–water partition coefficient (Wildman–Crippen LogP) is 8.21. The summed E-state index contributed by atoms with van der Waals surface area (Å²) >= 11 is 13.2. The van der Waals surface area contributed by atoms with E-state index in [9.17, 15) is 0 Å². The van der Waals surface area contributed by atoms with Crippen molar-refractivity contribution in [2.45, 2.75) is 83.7 Å². The monoisotopic (exact) mass is 396 g/mol. The molecular formula is C19H32Cl3P. The molecule has 23 heavy (non-hydrogen) atoms. The Morgan fingerprint density at radius 1 is 0.913 bits per heavy atom. The van der Waals surface area contributed by atoms with Crippen LogP contribution < -0.4 is 0 Å². The Morgan fingerprint density at radius 3 is 1.91 bits per heavy atom. The summed E-state index contributed by atoms with van der Waals surface area (Å²) < 4.78 is 0. The molecule has 0 saturated carbocycles. The van der Waals surface area contributed by atoms with Gasteiger partial charge in [0.25, 0.3) is 0 Å². The van der Waals surface area contributed by atoms with Gasteiger partial charge >= 0.3 is 0 Å². The molecule has 134 valence electrons. The SMILES string of the molecule is CCCCc1c(Cl)ccc(C(P)(CCCC)CCCC)c1Cl.Cl. The molecule has 0 heterocycles.